The summed E-state index contributed by atoms with van der Waals surface area (Å²) in [5, 5.41) is 10.6. The first-order valence-electron chi connectivity index (χ1n) is 5.83. The largest absolute Gasteiger partial charge is 0.384 e. The summed E-state index contributed by atoms with van der Waals surface area (Å²) in [6.45, 7) is 2.05. The van der Waals surface area contributed by atoms with Gasteiger partial charge in [-0.25, -0.2) is 0 Å². The fourth-order valence-corrected chi connectivity index (χ4v) is 1.88. The molecule has 0 aliphatic carbocycles. The molecule has 0 saturated carbocycles. The van der Waals surface area contributed by atoms with Crippen LogP contribution in [-0.4, -0.2) is 5.11 Å². The first kappa shape index (κ1) is 12.9. The normalized spacial score (nSPS) is 12.8. The van der Waals surface area contributed by atoms with Gasteiger partial charge in [0.05, 0.1) is 6.10 Å². The second-order valence-electron chi connectivity index (χ2n) is 4.27. The number of benzene rings is 2. The van der Waals surface area contributed by atoms with Crippen LogP contribution in [0.1, 0.15) is 22.8 Å². The van der Waals surface area contributed by atoms with Crippen molar-refractivity contribution in [2.24, 2.45) is 0 Å². The fourth-order valence-electron chi connectivity index (χ4n) is 1.68. The Morgan fingerprint density at radius 1 is 1.11 bits per heavy atom. The summed E-state index contributed by atoms with van der Waals surface area (Å²) >= 11 is 5.89. The van der Waals surface area contributed by atoms with Crippen LogP contribution >= 0.6 is 11.6 Å². The Morgan fingerprint density at radius 2 is 1.83 bits per heavy atom. The molecule has 0 saturated heterocycles. The predicted molar refractivity (Wildman–Crippen MR) is 76.6 cm³/mol. The molecular formula is C16H15ClO. The molecule has 92 valence electrons. The molecule has 0 bridgehead atoms. The van der Waals surface area contributed by atoms with Gasteiger partial charge in [-0.15, -0.1) is 0 Å². The molecule has 0 amide bonds. The maximum atomic E-state index is 10.0. The Hall–Kier alpha value is -1.57. The summed E-state index contributed by atoms with van der Waals surface area (Å²) in [6.07, 6.45) is 3.03. The van der Waals surface area contributed by atoms with E-state index in [1.54, 1.807) is 18.2 Å². The Bertz CT molecular complexity index is 543. The van der Waals surface area contributed by atoms with Crippen LogP contribution in [0.25, 0.3) is 6.08 Å². The first-order valence-corrected chi connectivity index (χ1v) is 6.21. The second kappa shape index (κ2) is 5.85. The van der Waals surface area contributed by atoms with Crippen molar-refractivity contribution in [3.8, 4) is 0 Å². The summed E-state index contributed by atoms with van der Waals surface area (Å²) in [5.41, 5.74) is 3.09. The predicted octanol–water partition coefficient (Wildman–Crippen LogP) is 4.40. The molecule has 1 unspecified atom stereocenters. The van der Waals surface area contributed by atoms with Crippen molar-refractivity contribution in [3.05, 3.63) is 76.3 Å². The number of halogens is 1. The Morgan fingerprint density at radius 3 is 2.50 bits per heavy atom. The summed E-state index contributed by atoms with van der Waals surface area (Å²) in [7, 11) is 0. The molecule has 18 heavy (non-hydrogen) atoms. The second-order valence-corrected chi connectivity index (χ2v) is 4.71. The minimum atomic E-state index is -0.634. The molecule has 0 fully saturated rings. The van der Waals surface area contributed by atoms with Crippen LogP contribution in [-0.2, 0) is 0 Å². The van der Waals surface area contributed by atoms with Gasteiger partial charge in [-0.1, -0.05) is 65.7 Å². The minimum absolute atomic E-state index is 0.634. The quantitative estimate of drug-likeness (QED) is 0.865. The number of aliphatic hydroxyl groups excluding tert-OH is 1. The number of rotatable bonds is 3. The number of hydrogen-bond donors (Lipinski definition) is 1. The van der Waals surface area contributed by atoms with Gasteiger partial charge < -0.3 is 5.11 Å². The maximum absolute atomic E-state index is 10.0. The number of hydrogen-bond acceptors (Lipinski definition) is 1. The third-order valence-electron chi connectivity index (χ3n) is 2.74. The van der Waals surface area contributed by atoms with Crippen molar-refractivity contribution < 1.29 is 5.11 Å². The zero-order valence-corrected chi connectivity index (χ0v) is 10.9. The monoisotopic (exact) mass is 258 g/mol. The van der Waals surface area contributed by atoms with Crippen LogP contribution in [0, 0.1) is 6.92 Å². The third kappa shape index (κ3) is 3.46. The molecule has 2 aromatic rings. The third-order valence-corrected chi connectivity index (χ3v) is 2.97. The first-order chi connectivity index (χ1) is 8.65. The molecule has 0 spiro atoms. The molecule has 2 rings (SSSR count). The van der Waals surface area contributed by atoms with E-state index in [1.165, 1.54) is 5.56 Å². The number of aryl methyl sites for hydroxylation is 1. The molecule has 0 aliphatic rings. The van der Waals surface area contributed by atoms with E-state index >= 15 is 0 Å². The van der Waals surface area contributed by atoms with Gasteiger partial charge in [0.25, 0.3) is 0 Å². The highest BCUT2D eigenvalue weighted by atomic mass is 35.5. The Labute approximate surface area is 112 Å². The van der Waals surface area contributed by atoms with E-state index in [4.69, 9.17) is 11.6 Å². The maximum Gasteiger partial charge on any atom is 0.0975 e. The molecule has 0 radical (unpaired) electrons. The van der Waals surface area contributed by atoms with E-state index in [-0.39, 0.29) is 0 Å². The topological polar surface area (TPSA) is 20.2 Å². The summed E-state index contributed by atoms with van der Waals surface area (Å²) in [5.74, 6) is 0. The van der Waals surface area contributed by atoms with Crippen LogP contribution in [0.4, 0.5) is 0 Å². The van der Waals surface area contributed by atoms with Crippen molar-refractivity contribution in [2.45, 2.75) is 13.0 Å². The molecule has 0 aliphatic heterocycles. The summed E-state index contributed by atoms with van der Waals surface area (Å²) in [4.78, 5) is 0. The van der Waals surface area contributed by atoms with E-state index in [9.17, 15) is 5.11 Å². The highest BCUT2D eigenvalue weighted by Gasteiger charge is 2.03. The van der Waals surface area contributed by atoms with Crippen LogP contribution in [0.2, 0.25) is 5.02 Å². The van der Waals surface area contributed by atoms with Gasteiger partial charge in [0.15, 0.2) is 0 Å². The molecule has 2 aromatic carbocycles. The molecule has 0 aromatic heterocycles. The van der Waals surface area contributed by atoms with E-state index in [2.05, 4.69) is 0 Å². The SMILES string of the molecule is Cc1ccc(C=CC(O)c2cccc(Cl)c2)cc1. The van der Waals surface area contributed by atoms with E-state index in [0.717, 1.165) is 11.1 Å². The average molecular weight is 259 g/mol. The van der Waals surface area contributed by atoms with Crippen molar-refractivity contribution in [2.75, 3.05) is 0 Å². The van der Waals surface area contributed by atoms with E-state index in [1.807, 2.05) is 49.4 Å². The van der Waals surface area contributed by atoms with Crippen molar-refractivity contribution in [1.82, 2.24) is 0 Å². The Kier molecular flexibility index (Phi) is 4.19. The highest BCUT2D eigenvalue weighted by molar-refractivity contribution is 6.30. The van der Waals surface area contributed by atoms with Gasteiger partial charge in [-0.05, 0) is 30.2 Å². The van der Waals surface area contributed by atoms with Crippen LogP contribution < -0.4 is 0 Å². The summed E-state index contributed by atoms with van der Waals surface area (Å²) in [6, 6.07) is 15.4. The van der Waals surface area contributed by atoms with Crippen molar-refractivity contribution in [1.29, 1.82) is 0 Å². The van der Waals surface area contributed by atoms with Gasteiger partial charge >= 0.3 is 0 Å². The average Bonchev–Trinajstić information content (AvgIpc) is 2.38. The fraction of sp³-hybridized carbons (Fsp3) is 0.125. The zero-order chi connectivity index (χ0) is 13.0. The summed E-state index contributed by atoms with van der Waals surface area (Å²) < 4.78 is 0. The minimum Gasteiger partial charge on any atom is -0.384 e. The lowest BCUT2D eigenvalue weighted by Gasteiger charge is -2.06. The lowest BCUT2D eigenvalue weighted by atomic mass is 10.1. The van der Waals surface area contributed by atoms with Gasteiger partial charge in [0, 0.05) is 5.02 Å². The Balaban J connectivity index is 2.11. The van der Waals surface area contributed by atoms with E-state index in [0.29, 0.717) is 5.02 Å². The van der Waals surface area contributed by atoms with Crippen molar-refractivity contribution >= 4 is 17.7 Å². The van der Waals surface area contributed by atoms with Crippen LogP contribution in [0.5, 0.6) is 0 Å². The van der Waals surface area contributed by atoms with Gasteiger partial charge in [0.2, 0.25) is 0 Å². The molecular weight excluding hydrogens is 244 g/mol. The molecule has 1 nitrogen and oxygen atoms in total. The van der Waals surface area contributed by atoms with Crippen molar-refractivity contribution in [3.63, 3.8) is 0 Å². The standard InChI is InChI=1S/C16H15ClO/c1-12-5-7-13(8-6-12)9-10-16(18)14-3-2-4-15(17)11-14/h2-11,16,18H,1H3. The smallest absolute Gasteiger partial charge is 0.0975 e. The van der Waals surface area contributed by atoms with Gasteiger partial charge in [-0.2, -0.15) is 0 Å². The molecule has 1 N–H and O–H groups in total. The molecule has 1 atom stereocenters. The van der Waals surface area contributed by atoms with Crippen LogP contribution in [0.15, 0.2) is 54.6 Å². The lowest BCUT2D eigenvalue weighted by molar-refractivity contribution is 0.229. The van der Waals surface area contributed by atoms with Gasteiger partial charge in [0.1, 0.15) is 0 Å². The van der Waals surface area contributed by atoms with E-state index < -0.39 is 6.10 Å². The molecule has 0 heterocycles. The lowest BCUT2D eigenvalue weighted by Crippen LogP contribution is -1.92. The zero-order valence-electron chi connectivity index (χ0n) is 10.2. The van der Waals surface area contributed by atoms with Gasteiger partial charge in [-0.3, -0.25) is 0 Å². The number of aliphatic hydroxyl groups is 1. The highest BCUT2D eigenvalue weighted by Crippen LogP contribution is 2.19. The van der Waals surface area contributed by atoms with Crippen LogP contribution in [0.3, 0.4) is 0 Å². The molecule has 2 heteroatoms.